The number of carbonyl (C=O) groups is 1. The molecular formula is C30H26ClF4NO4S. The first kappa shape index (κ1) is 29.1. The third-order valence-electron chi connectivity index (χ3n) is 7.21. The summed E-state index contributed by atoms with van der Waals surface area (Å²) in [6, 6.07) is 12.8. The van der Waals surface area contributed by atoms with Crippen LogP contribution in [0, 0.1) is 11.7 Å². The van der Waals surface area contributed by atoms with E-state index in [4.69, 9.17) is 16.3 Å². The molecule has 2 atom stereocenters. The first-order chi connectivity index (χ1) is 19.3. The topological polar surface area (TPSA) is 72.5 Å². The molecule has 216 valence electrons. The van der Waals surface area contributed by atoms with E-state index in [1.54, 1.807) is 37.3 Å². The van der Waals surface area contributed by atoms with Gasteiger partial charge in [0.05, 0.1) is 27.3 Å². The normalized spacial score (nSPS) is 19.3. The van der Waals surface area contributed by atoms with Crippen molar-refractivity contribution in [1.82, 2.24) is 5.32 Å². The number of allylic oxidation sites excluding steroid dienone is 1. The fourth-order valence-corrected chi connectivity index (χ4v) is 7.13. The van der Waals surface area contributed by atoms with Gasteiger partial charge in [-0.05, 0) is 73.4 Å². The standard InChI is InChI=1S/C30H26ClF4NO4S/c1-17(28-24(31)6-3-7-25(28)32)12-18-8-11-26-23(13-18)27(15-21(40-26)16-36-29(37)19-9-10-19)41(38,39)22-5-2-4-20(14-22)30(33,34)35/h2-8,11-14,19,21,27H,9-10,15-16H2,1H3,(H,36,37). The summed E-state index contributed by atoms with van der Waals surface area (Å²) in [6.45, 7) is 1.71. The molecule has 1 aliphatic carbocycles. The molecule has 1 saturated carbocycles. The maximum Gasteiger partial charge on any atom is 0.416 e. The van der Waals surface area contributed by atoms with E-state index in [2.05, 4.69) is 5.32 Å². The predicted octanol–water partition coefficient (Wildman–Crippen LogP) is 7.25. The first-order valence-corrected chi connectivity index (χ1v) is 14.9. The minimum Gasteiger partial charge on any atom is -0.488 e. The molecule has 3 aromatic carbocycles. The van der Waals surface area contributed by atoms with E-state index in [0.717, 1.165) is 31.0 Å². The van der Waals surface area contributed by atoms with Gasteiger partial charge in [0, 0.05) is 23.5 Å². The Morgan fingerprint density at radius 3 is 2.51 bits per heavy atom. The van der Waals surface area contributed by atoms with Gasteiger partial charge < -0.3 is 10.1 Å². The van der Waals surface area contributed by atoms with Crippen molar-refractivity contribution in [3.8, 4) is 5.75 Å². The molecule has 0 saturated heterocycles. The summed E-state index contributed by atoms with van der Waals surface area (Å²) in [6.07, 6.45) is -2.32. The summed E-state index contributed by atoms with van der Waals surface area (Å²) < 4.78 is 88.6. The number of amides is 1. The number of fused-ring (bicyclic) bond motifs is 1. The van der Waals surface area contributed by atoms with Gasteiger partial charge in [-0.2, -0.15) is 13.2 Å². The Labute approximate surface area is 240 Å². The van der Waals surface area contributed by atoms with Crippen LogP contribution < -0.4 is 10.1 Å². The predicted molar refractivity (Wildman–Crippen MR) is 148 cm³/mol. The second kappa shape index (κ2) is 11.1. The van der Waals surface area contributed by atoms with Crippen LogP contribution in [0.4, 0.5) is 17.6 Å². The highest BCUT2D eigenvalue weighted by atomic mass is 35.5. The van der Waals surface area contributed by atoms with E-state index in [0.29, 0.717) is 17.2 Å². The summed E-state index contributed by atoms with van der Waals surface area (Å²) in [5.74, 6) is -0.481. The van der Waals surface area contributed by atoms with Crippen LogP contribution in [-0.4, -0.2) is 27.0 Å². The van der Waals surface area contributed by atoms with Crippen molar-refractivity contribution in [2.24, 2.45) is 5.92 Å². The summed E-state index contributed by atoms with van der Waals surface area (Å²) in [5.41, 5.74) is 0.390. The third-order valence-corrected chi connectivity index (χ3v) is 9.63. The SMILES string of the molecule is CC(=Cc1ccc2c(c1)C(S(=O)(=O)c1cccc(C(F)(F)F)c1)CC(CNC(=O)C1CC1)O2)c1c(F)cccc1Cl. The minimum atomic E-state index is -4.72. The minimum absolute atomic E-state index is 0.0515. The van der Waals surface area contributed by atoms with E-state index in [-0.39, 0.29) is 46.7 Å². The van der Waals surface area contributed by atoms with Gasteiger partial charge in [0.15, 0.2) is 9.84 Å². The molecule has 5 rings (SSSR count). The number of nitrogens with one attached hydrogen (secondary N) is 1. The Hall–Kier alpha value is -3.37. The molecule has 2 unspecified atom stereocenters. The molecule has 0 aromatic heterocycles. The second-order valence-corrected chi connectivity index (χ2v) is 12.8. The number of hydrogen-bond acceptors (Lipinski definition) is 4. The van der Waals surface area contributed by atoms with Crippen LogP contribution in [0.2, 0.25) is 5.02 Å². The number of rotatable bonds is 7. The quantitative estimate of drug-likeness (QED) is 0.227. The molecule has 3 aromatic rings. The number of benzene rings is 3. The lowest BCUT2D eigenvalue weighted by atomic mass is 9.97. The van der Waals surface area contributed by atoms with Gasteiger partial charge in [-0.3, -0.25) is 4.79 Å². The average Bonchev–Trinajstić information content (AvgIpc) is 3.77. The Morgan fingerprint density at radius 2 is 1.83 bits per heavy atom. The molecule has 5 nitrogen and oxygen atoms in total. The lowest BCUT2D eigenvalue weighted by Gasteiger charge is -2.32. The van der Waals surface area contributed by atoms with Crippen LogP contribution in [-0.2, 0) is 20.8 Å². The Bertz CT molecular complexity index is 1610. The molecule has 1 amide bonds. The molecule has 1 N–H and O–H groups in total. The largest absolute Gasteiger partial charge is 0.488 e. The zero-order valence-electron chi connectivity index (χ0n) is 21.8. The number of ether oxygens (including phenoxy) is 1. The van der Waals surface area contributed by atoms with Crippen molar-refractivity contribution in [3.63, 3.8) is 0 Å². The molecule has 1 heterocycles. The highest BCUT2D eigenvalue weighted by Crippen LogP contribution is 2.44. The van der Waals surface area contributed by atoms with Crippen molar-refractivity contribution in [1.29, 1.82) is 0 Å². The monoisotopic (exact) mass is 607 g/mol. The fourth-order valence-electron chi connectivity index (χ4n) is 4.94. The van der Waals surface area contributed by atoms with Crippen molar-refractivity contribution in [3.05, 3.63) is 93.8 Å². The number of halogens is 5. The molecule has 0 bridgehead atoms. The lowest BCUT2D eigenvalue weighted by Crippen LogP contribution is -2.40. The second-order valence-electron chi connectivity index (χ2n) is 10.3. The Balaban J connectivity index is 1.54. The van der Waals surface area contributed by atoms with Crippen molar-refractivity contribution in [2.45, 2.75) is 48.6 Å². The van der Waals surface area contributed by atoms with E-state index in [1.165, 1.54) is 12.1 Å². The molecule has 11 heteroatoms. The third kappa shape index (κ3) is 6.28. The zero-order valence-corrected chi connectivity index (χ0v) is 23.4. The molecule has 0 spiro atoms. The highest BCUT2D eigenvalue weighted by molar-refractivity contribution is 7.91. The average molecular weight is 608 g/mol. The van der Waals surface area contributed by atoms with Crippen molar-refractivity contribution >= 4 is 39.0 Å². The van der Waals surface area contributed by atoms with E-state index >= 15 is 0 Å². The molecule has 2 aliphatic rings. The molecule has 1 aliphatic heterocycles. The molecule has 1 fully saturated rings. The van der Waals surface area contributed by atoms with Gasteiger partial charge in [0.1, 0.15) is 17.7 Å². The van der Waals surface area contributed by atoms with E-state index < -0.39 is 43.6 Å². The fraction of sp³-hybridized carbons (Fsp3) is 0.300. The van der Waals surface area contributed by atoms with Gasteiger partial charge >= 0.3 is 6.18 Å². The number of sulfone groups is 1. The van der Waals surface area contributed by atoms with Crippen LogP contribution in [0.25, 0.3) is 11.6 Å². The first-order valence-electron chi connectivity index (χ1n) is 13.0. The van der Waals surface area contributed by atoms with Crippen LogP contribution in [0.15, 0.2) is 65.6 Å². The van der Waals surface area contributed by atoms with Crippen molar-refractivity contribution in [2.75, 3.05) is 6.54 Å². The maximum absolute atomic E-state index is 14.5. The number of carbonyl (C=O) groups excluding carboxylic acids is 1. The van der Waals surface area contributed by atoms with Crippen LogP contribution in [0.3, 0.4) is 0 Å². The van der Waals surface area contributed by atoms with Gasteiger partial charge in [0.25, 0.3) is 0 Å². The maximum atomic E-state index is 14.5. The van der Waals surface area contributed by atoms with Gasteiger partial charge in [-0.1, -0.05) is 35.9 Å². The number of hydrogen-bond donors (Lipinski definition) is 1. The van der Waals surface area contributed by atoms with Gasteiger partial charge in [-0.15, -0.1) is 0 Å². The summed E-state index contributed by atoms with van der Waals surface area (Å²) in [7, 11) is -4.34. The number of alkyl halides is 3. The lowest BCUT2D eigenvalue weighted by molar-refractivity contribution is -0.137. The summed E-state index contributed by atoms with van der Waals surface area (Å²) >= 11 is 6.20. The van der Waals surface area contributed by atoms with E-state index in [9.17, 15) is 30.8 Å². The summed E-state index contributed by atoms with van der Waals surface area (Å²) in [5, 5.41) is 1.74. The highest BCUT2D eigenvalue weighted by Gasteiger charge is 2.40. The molecule has 0 radical (unpaired) electrons. The Kier molecular flexibility index (Phi) is 7.91. The van der Waals surface area contributed by atoms with Crippen LogP contribution in [0.1, 0.15) is 53.7 Å². The van der Waals surface area contributed by atoms with Gasteiger partial charge in [0.2, 0.25) is 5.91 Å². The van der Waals surface area contributed by atoms with Gasteiger partial charge in [-0.25, -0.2) is 12.8 Å². The summed E-state index contributed by atoms with van der Waals surface area (Å²) in [4.78, 5) is 11.7. The molecule has 41 heavy (non-hydrogen) atoms. The smallest absolute Gasteiger partial charge is 0.416 e. The van der Waals surface area contributed by atoms with Crippen LogP contribution in [0.5, 0.6) is 5.75 Å². The Morgan fingerprint density at radius 1 is 1.10 bits per heavy atom. The zero-order chi connectivity index (χ0) is 29.5. The van der Waals surface area contributed by atoms with E-state index in [1.807, 2.05) is 0 Å². The van der Waals surface area contributed by atoms with Crippen LogP contribution >= 0.6 is 11.6 Å². The van der Waals surface area contributed by atoms with Crippen molar-refractivity contribution < 1.29 is 35.5 Å². The molecular weight excluding hydrogens is 582 g/mol.